The Labute approximate surface area is 119 Å². The van der Waals surface area contributed by atoms with Crippen LogP contribution in [0.1, 0.15) is 13.8 Å². The third-order valence-corrected chi connectivity index (χ3v) is 3.19. The molecule has 2 aromatic rings. The fourth-order valence-corrected chi connectivity index (χ4v) is 2.04. The van der Waals surface area contributed by atoms with Crippen LogP contribution in [0.25, 0.3) is 11.1 Å². The molecule has 0 saturated carbocycles. The number of anilines is 1. The van der Waals surface area contributed by atoms with Gasteiger partial charge in [0, 0.05) is 12.7 Å². The molecule has 0 aliphatic heterocycles. The smallest absolute Gasteiger partial charge is 0.258 e. The number of hydrogen-bond acceptors (Lipinski definition) is 2. The van der Waals surface area contributed by atoms with E-state index in [0.29, 0.717) is 0 Å². The molecule has 3 nitrogen and oxygen atoms in total. The number of carbonyl (C=O) groups is 1. The van der Waals surface area contributed by atoms with Crippen LogP contribution in [0.15, 0.2) is 54.6 Å². The van der Waals surface area contributed by atoms with Crippen molar-refractivity contribution in [3.8, 4) is 11.1 Å². The lowest BCUT2D eigenvalue weighted by Gasteiger charge is -2.25. The summed E-state index contributed by atoms with van der Waals surface area (Å²) in [5.41, 5.74) is 1.62. The van der Waals surface area contributed by atoms with E-state index in [2.05, 4.69) is 0 Å². The summed E-state index contributed by atoms with van der Waals surface area (Å²) in [6.07, 6.45) is 0. The Morgan fingerprint density at radius 1 is 0.950 bits per heavy atom. The summed E-state index contributed by atoms with van der Waals surface area (Å²) < 4.78 is 0. The lowest BCUT2D eigenvalue weighted by atomic mass is 10.0. The molecule has 0 saturated heterocycles. The third kappa shape index (κ3) is 3.06. The topological polar surface area (TPSA) is 40.5 Å². The Morgan fingerprint density at radius 2 is 1.45 bits per heavy atom. The molecule has 0 fully saturated rings. The zero-order valence-corrected chi connectivity index (χ0v) is 12.0. The fourth-order valence-electron chi connectivity index (χ4n) is 2.04. The molecule has 0 bridgehead atoms. The van der Waals surface area contributed by atoms with E-state index in [1.807, 2.05) is 54.6 Å². The molecule has 0 atom stereocenters. The maximum Gasteiger partial charge on any atom is 0.258 e. The van der Waals surface area contributed by atoms with E-state index in [-0.39, 0.29) is 5.91 Å². The predicted octanol–water partition coefficient (Wildman–Crippen LogP) is 3.09. The molecule has 0 unspecified atom stereocenters. The molecule has 3 heteroatoms. The highest BCUT2D eigenvalue weighted by Gasteiger charge is 2.27. The standard InChI is InChI=1S/C17H19NO2/c1-17(2,20)16(19)18(3)15-11-9-14(10-12-15)13-7-5-4-6-8-13/h4-12,20H,1-3H3. The zero-order chi connectivity index (χ0) is 14.8. The molecule has 1 N–H and O–H groups in total. The van der Waals surface area contributed by atoms with Gasteiger partial charge in [0.05, 0.1) is 0 Å². The highest BCUT2D eigenvalue weighted by molar-refractivity contribution is 5.98. The molecule has 0 aliphatic carbocycles. The van der Waals surface area contributed by atoms with Gasteiger partial charge in [-0.05, 0) is 37.1 Å². The van der Waals surface area contributed by atoms with E-state index in [1.165, 1.54) is 18.7 Å². The van der Waals surface area contributed by atoms with Crippen molar-refractivity contribution in [3.05, 3.63) is 54.6 Å². The SMILES string of the molecule is CN(C(=O)C(C)(C)O)c1ccc(-c2ccccc2)cc1. The van der Waals surface area contributed by atoms with Crippen LogP contribution in [-0.4, -0.2) is 23.7 Å². The molecule has 1 amide bonds. The van der Waals surface area contributed by atoms with Gasteiger partial charge in [0.1, 0.15) is 5.60 Å². The van der Waals surface area contributed by atoms with Crippen molar-refractivity contribution in [2.45, 2.75) is 19.4 Å². The van der Waals surface area contributed by atoms with Gasteiger partial charge in [-0.3, -0.25) is 4.79 Å². The Bertz CT molecular complexity index is 583. The van der Waals surface area contributed by atoms with Gasteiger partial charge >= 0.3 is 0 Å². The molecular weight excluding hydrogens is 250 g/mol. The maximum atomic E-state index is 12.0. The molecule has 0 spiro atoms. The van der Waals surface area contributed by atoms with Crippen molar-refractivity contribution < 1.29 is 9.90 Å². The van der Waals surface area contributed by atoms with Gasteiger partial charge in [0.15, 0.2) is 0 Å². The van der Waals surface area contributed by atoms with Crippen LogP contribution in [0.2, 0.25) is 0 Å². The molecule has 2 rings (SSSR count). The van der Waals surface area contributed by atoms with Crippen molar-refractivity contribution in [2.24, 2.45) is 0 Å². The van der Waals surface area contributed by atoms with Crippen molar-refractivity contribution in [1.82, 2.24) is 0 Å². The highest BCUT2D eigenvalue weighted by Crippen LogP contribution is 2.23. The molecule has 0 aliphatic rings. The second-order valence-corrected chi connectivity index (χ2v) is 5.34. The fraction of sp³-hybridized carbons (Fsp3) is 0.235. The number of likely N-dealkylation sites (N-methyl/N-ethyl adjacent to an activating group) is 1. The first-order chi connectivity index (χ1) is 9.39. The first-order valence-electron chi connectivity index (χ1n) is 6.55. The van der Waals surface area contributed by atoms with Crippen LogP contribution >= 0.6 is 0 Å². The monoisotopic (exact) mass is 269 g/mol. The lowest BCUT2D eigenvalue weighted by Crippen LogP contribution is -2.43. The van der Waals surface area contributed by atoms with E-state index in [9.17, 15) is 9.90 Å². The third-order valence-electron chi connectivity index (χ3n) is 3.19. The van der Waals surface area contributed by atoms with Crippen LogP contribution in [0, 0.1) is 0 Å². The summed E-state index contributed by atoms with van der Waals surface area (Å²) in [4.78, 5) is 13.5. The van der Waals surface area contributed by atoms with Crippen molar-refractivity contribution >= 4 is 11.6 Å². The molecule has 0 aromatic heterocycles. The lowest BCUT2D eigenvalue weighted by molar-refractivity contribution is -0.133. The van der Waals surface area contributed by atoms with E-state index >= 15 is 0 Å². The Morgan fingerprint density at radius 3 is 1.95 bits per heavy atom. The van der Waals surface area contributed by atoms with Gasteiger partial charge in [-0.25, -0.2) is 0 Å². The molecule has 0 radical (unpaired) electrons. The minimum Gasteiger partial charge on any atom is -0.381 e. The van der Waals surface area contributed by atoms with Crippen molar-refractivity contribution in [1.29, 1.82) is 0 Å². The van der Waals surface area contributed by atoms with Gasteiger partial charge < -0.3 is 10.0 Å². The number of benzene rings is 2. The van der Waals surface area contributed by atoms with Crippen molar-refractivity contribution in [2.75, 3.05) is 11.9 Å². The van der Waals surface area contributed by atoms with Gasteiger partial charge in [0.2, 0.25) is 0 Å². The summed E-state index contributed by atoms with van der Waals surface area (Å²) >= 11 is 0. The minimum absolute atomic E-state index is 0.329. The number of aliphatic hydroxyl groups is 1. The van der Waals surface area contributed by atoms with Crippen LogP contribution in [0.4, 0.5) is 5.69 Å². The normalized spacial score (nSPS) is 11.2. The maximum absolute atomic E-state index is 12.0. The second-order valence-electron chi connectivity index (χ2n) is 5.34. The molecule has 0 heterocycles. The van der Waals surface area contributed by atoms with Crippen LogP contribution in [0.3, 0.4) is 0 Å². The van der Waals surface area contributed by atoms with E-state index < -0.39 is 5.60 Å². The quantitative estimate of drug-likeness (QED) is 0.930. The second kappa shape index (κ2) is 5.47. The van der Waals surface area contributed by atoms with Gasteiger partial charge in [0.25, 0.3) is 5.91 Å². The van der Waals surface area contributed by atoms with Gasteiger partial charge in [-0.1, -0.05) is 42.5 Å². The van der Waals surface area contributed by atoms with Crippen LogP contribution in [-0.2, 0) is 4.79 Å². The zero-order valence-electron chi connectivity index (χ0n) is 12.0. The summed E-state index contributed by atoms with van der Waals surface area (Å²) in [5.74, 6) is -0.329. The number of amides is 1. The number of hydrogen-bond donors (Lipinski definition) is 1. The first kappa shape index (κ1) is 14.3. The summed E-state index contributed by atoms with van der Waals surface area (Å²) in [5, 5.41) is 9.76. The molecule has 104 valence electrons. The summed E-state index contributed by atoms with van der Waals surface area (Å²) in [7, 11) is 1.66. The first-order valence-corrected chi connectivity index (χ1v) is 6.55. The minimum atomic E-state index is -1.37. The average molecular weight is 269 g/mol. The van der Waals surface area contributed by atoms with Crippen LogP contribution < -0.4 is 4.90 Å². The predicted molar refractivity (Wildman–Crippen MR) is 81.6 cm³/mol. The number of rotatable bonds is 3. The van der Waals surface area contributed by atoms with Gasteiger partial charge in [-0.15, -0.1) is 0 Å². The molecule has 20 heavy (non-hydrogen) atoms. The average Bonchev–Trinajstić information content (AvgIpc) is 2.46. The van der Waals surface area contributed by atoms with Gasteiger partial charge in [-0.2, -0.15) is 0 Å². The molecular formula is C17H19NO2. The Balaban J connectivity index is 2.23. The Hall–Kier alpha value is -2.13. The van der Waals surface area contributed by atoms with E-state index in [1.54, 1.807) is 7.05 Å². The summed E-state index contributed by atoms with van der Waals surface area (Å²) in [6, 6.07) is 17.8. The molecule has 2 aromatic carbocycles. The highest BCUT2D eigenvalue weighted by atomic mass is 16.3. The largest absolute Gasteiger partial charge is 0.381 e. The van der Waals surface area contributed by atoms with Crippen LogP contribution in [0.5, 0.6) is 0 Å². The number of nitrogens with zero attached hydrogens (tertiary/aromatic N) is 1. The number of carbonyl (C=O) groups excluding carboxylic acids is 1. The van der Waals surface area contributed by atoms with E-state index in [4.69, 9.17) is 0 Å². The van der Waals surface area contributed by atoms with E-state index in [0.717, 1.165) is 16.8 Å². The summed E-state index contributed by atoms with van der Waals surface area (Å²) in [6.45, 7) is 2.98. The Kier molecular flexibility index (Phi) is 3.91. The van der Waals surface area contributed by atoms with Crippen molar-refractivity contribution in [3.63, 3.8) is 0 Å².